The standard InChI is InChI=1S/C28H38FNO2/c1-18(2)23-14-21(15-24(29)27(23)31)26-22-10-13-30(17-20(22)6-7-25(26)32-5)16-19-8-11-28(3,4)12-9-19/h6-7,14-15,18-19,31H,8-13,16-17H2,1-5H3. The third-order valence-electron chi connectivity index (χ3n) is 7.64. The summed E-state index contributed by atoms with van der Waals surface area (Å²) in [6.07, 6.45) is 6.24. The lowest BCUT2D eigenvalue weighted by atomic mass is 9.73. The van der Waals surface area contributed by atoms with Gasteiger partial charge >= 0.3 is 0 Å². The zero-order chi connectivity index (χ0) is 23.0. The number of halogens is 1. The number of nitrogens with zero attached hydrogens (tertiary/aromatic N) is 1. The highest BCUT2D eigenvalue weighted by molar-refractivity contribution is 5.77. The first-order valence-corrected chi connectivity index (χ1v) is 12.1. The summed E-state index contributed by atoms with van der Waals surface area (Å²) < 4.78 is 20.3. The first-order valence-electron chi connectivity index (χ1n) is 12.1. The van der Waals surface area contributed by atoms with Gasteiger partial charge in [0.05, 0.1) is 7.11 Å². The molecule has 0 saturated heterocycles. The maximum Gasteiger partial charge on any atom is 0.165 e. The van der Waals surface area contributed by atoms with Crippen LogP contribution in [0.25, 0.3) is 11.1 Å². The molecule has 4 rings (SSSR count). The van der Waals surface area contributed by atoms with Crippen molar-refractivity contribution in [3.63, 3.8) is 0 Å². The molecule has 32 heavy (non-hydrogen) atoms. The van der Waals surface area contributed by atoms with Crippen LogP contribution in [-0.4, -0.2) is 30.2 Å². The second-order valence-electron chi connectivity index (χ2n) is 10.9. The second kappa shape index (κ2) is 9.05. The van der Waals surface area contributed by atoms with E-state index in [4.69, 9.17) is 4.74 Å². The SMILES string of the molecule is COc1ccc2c(c1-c1cc(F)c(O)c(C(C)C)c1)CCN(CC1CCC(C)(C)CC1)C2. The van der Waals surface area contributed by atoms with Gasteiger partial charge in [0, 0.05) is 30.8 Å². The largest absolute Gasteiger partial charge is 0.505 e. The highest BCUT2D eigenvalue weighted by Crippen LogP contribution is 2.42. The minimum atomic E-state index is -0.566. The molecule has 4 heteroatoms. The van der Waals surface area contributed by atoms with Gasteiger partial charge in [-0.25, -0.2) is 4.39 Å². The molecule has 1 saturated carbocycles. The van der Waals surface area contributed by atoms with Gasteiger partial charge in [-0.2, -0.15) is 0 Å². The van der Waals surface area contributed by atoms with Gasteiger partial charge in [-0.15, -0.1) is 0 Å². The number of benzene rings is 2. The Morgan fingerprint density at radius 2 is 1.91 bits per heavy atom. The molecule has 3 nitrogen and oxygen atoms in total. The zero-order valence-electron chi connectivity index (χ0n) is 20.3. The van der Waals surface area contributed by atoms with Crippen molar-refractivity contribution in [2.24, 2.45) is 11.3 Å². The first kappa shape index (κ1) is 23.1. The molecule has 174 valence electrons. The first-order chi connectivity index (χ1) is 15.2. The Labute approximate surface area is 192 Å². The predicted molar refractivity (Wildman–Crippen MR) is 129 cm³/mol. The maximum absolute atomic E-state index is 14.6. The smallest absolute Gasteiger partial charge is 0.165 e. The fraction of sp³-hybridized carbons (Fsp3) is 0.571. The molecule has 1 fully saturated rings. The summed E-state index contributed by atoms with van der Waals surface area (Å²) in [5, 5.41) is 10.2. The van der Waals surface area contributed by atoms with Gasteiger partial charge in [0.1, 0.15) is 5.75 Å². The number of methoxy groups -OCH3 is 1. The van der Waals surface area contributed by atoms with E-state index in [2.05, 4.69) is 24.8 Å². The Morgan fingerprint density at radius 1 is 1.19 bits per heavy atom. The molecule has 0 aromatic heterocycles. The second-order valence-corrected chi connectivity index (χ2v) is 10.9. The van der Waals surface area contributed by atoms with Crippen molar-refractivity contribution in [2.75, 3.05) is 20.2 Å². The molecule has 1 heterocycles. The monoisotopic (exact) mass is 439 g/mol. The van der Waals surface area contributed by atoms with Gasteiger partial charge in [-0.3, -0.25) is 4.90 Å². The number of phenolic OH excluding ortho intramolecular Hbond substituents is 1. The van der Waals surface area contributed by atoms with Crippen molar-refractivity contribution >= 4 is 0 Å². The van der Waals surface area contributed by atoms with Crippen LogP contribution in [0.5, 0.6) is 11.5 Å². The molecular weight excluding hydrogens is 401 g/mol. The number of rotatable bonds is 5. The van der Waals surface area contributed by atoms with E-state index >= 15 is 0 Å². The normalized spacial score (nSPS) is 19.2. The zero-order valence-corrected chi connectivity index (χ0v) is 20.3. The molecule has 1 N–H and O–H groups in total. The summed E-state index contributed by atoms with van der Waals surface area (Å²) in [5.74, 6) is 0.789. The van der Waals surface area contributed by atoms with Gasteiger partial charge in [0.2, 0.25) is 0 Å². The lowest BCUT2D eigenvalue weighted by Crippen LogP contribution is -2.36. The van der Waals surface area contributed by atoms with E-state index < -0.39 is 5.82 Å². The third kappa shape index (κ3) is 4.66. The van der Waals surface area contributed by atoms with Gasteiger partial charge < -0.3 is 9.84 Å². The lowest BCUT2D eigenvalue weighted by Gasteiger charge is -2.38. The van der Waals surface area contributed by atoms with E-state index in [0.29, 0.717) is 11.0 Å². The van der Waals surface area contributed by atoms with Crippen LogP contribution in [0.3, 0.4) is 0 Å². The van der Waals surface area contributed by atoms with Crippen molar-refractivity contribution < 1.29 is 14.2 Å². The van der Waals surface area contributed by atoms with Crippen molar-refractivity contribution in [2.45, 2.75) is 72.3 Å². The van der Waals surface area contributed by atoms with E-state index in [0.717, 1.165) is 42.3 Å². The number of phenols is 1. The molecule has 1 aliphatic heterocycles. The number of fused-ring (bicyclic) bond motifs is 1. The maximum atomic E-state index is 14.6. The van der Waals surface area contributed by atoms with Gasteiger partial charge in [0.15, 0.2) is 11.6 Å². The molecule has 0 atom stereocenters. The highest BCUT2D eigenvalue weighted by atomic mass is 19.1. The van der Waals surface area contributed by atoms with Crippen LogP contribution in [0.4, 0.5) is 4.39 Å². The molecule has 2 aliphatic rings. The lowest BCUT2D eigenvalue weighted by molar-refractivity contribution is 0.137. The van der Waals surface area contributed by atoms with Crippen molar-refractivity contribution in [3.05, 3.63) is 46.8 Å². The van der Waals surface area contributed by atoms with Crippen molar-refractivity contribution in [1.29, 1.82) is 0 Å². The molecule has 0 radical (unpaired) electrons. The summed E-state index contributed by atoms with van der Waals surface area (Å²) in [5.41, 5.74) is 5.47. The fourth-order valence-electron chi connectivity index (χ4n) is 5.55. The summed E-state index contributed by atoms with van der Waals surface area (Å²) in [6.45, 7) is 11.9. The van der Waals surface area contributed by atoms with Crippen LogP contribution in [-0.2, 0) is 13.0 Å². The Bertz CT molecular complexity index is 972. The molecule has 0 amide bonds. The van der Waals surface area contributed by atoms with E-state index in [1.54, 1.807) is 7.11 Å². The third-order valence-corrected chi connectivity index (χ3v) is 7.64. The predicted octanol–water partition coefficient (Wildman–Crippen LogP) is 6.90. The van der Waals surface area contributed by atoms with E-state index in [9.17, 15) is 9.50 Å². The molecular formula is C28H38FNO2. The molecule has 0 spiro atoms. The minimum absolute atomic E-state index is 0.0333. The topological polar surface area (TPSA) is 32.7 Å². The summed E-state index contributed by atoms with van der Waals surface area (Å²) in [6, 6.07) is 7.57. The Hall–Kier alpha value is -2.07. The van der Waals surface area contributed by atoms with E-state index in [1.165, 1.54) is 49.4 Å². The van der Waals surface area contributed by atoms with Gasteiger partial charge in [-0.05, 0) is 84.2 Å². The minimum Gasteiger partial charge on any atom is -0.505 e. The average Bonchev–Trinajstić information content (AvgIpc) is 2.76. The number of aromatic hydroxyl groups is 1. The number of hydrogen-bond donors (Lipinski definition) is 1. The average molecular weight is 440 g/mol. The molecule has 1 aliphatic carbocycles. The van der Waals surface area contributed by atoms with Crippen molar-refractivity contribution in [3.8, 4) is 22.6 Å². The number of hydrogen-bond acceptors (Lipinski definition) is 3. The van der Waals surface area contributed by atoms with E-state index in [-0.39, 0.29) is 11.7 Å². The Balaban J connectivity index is 1.62. The fourth-order valence-corrected chi connectivity index (χ4v) is 5.55. The quantitative estimate of drug-likeness (QED) is 0.550. The molecule has 2 aromatic rings. The van der Waals surface area contributed by atoms with Crippen LogP contribution < -0.4 is 4.74 Å². The molecule has 0 bridgehead atoms. The van der Waals surface area contributed by atoms with Crippen molar-refractivity contribution in [1.82, 2.24) is 4.90 Å². The van der Waals surface area contributed by atoms with Gasteiger partial charge in [-0.1, -0.05) is 33.8 Å². The summed E-state index contributed by atoms with van der Waals surface area (Å²) in [7, 11) is 1.67. The number of ether oxygens (including phenoxy) is 1. The van der Waals surface area contributed by atoms with Crippen LogP contribution in [0.15, 0.2) is 24.3 Å². The van der Waals surface area contributed by atoms with Gasteiger partial charge in [0.25, 0.3) is 0 Å². The van der Waals surface area contributed by atoms with Crippen LogP contribution in [0, 0.1) is 17.2 Å². The van der Waals surface area contributed by atoms with E-state index in [1.807, 2.05) is 26.0 Å². The van der Waals surface area contributed by atoms with Crippen LogP contribution in [0.2, 0.25) is 0 Å². The molecule has 0 unspecified atom stereocenters. The van der Waals surface area contributed by atoms with Crippen LogP contribution >= 0.6 is 0 Å². The highest BCUT2D eigenvalue weighted by Gasteiger charge is 2.30. The Kier molecular flexibility index (Phi) is 6.53. The molecule has 2 aromatic carbocycles. The summed E-state index contributed by atoms with van der Waals surface area (Å²) >= 11 is 0. The summed E-state index contributed by atoms with van der Waals surface area (Å²) in [4.78, 5) is 2.60. The van der Waals surface area contributed by atoms with Crippen LogP contribution in [0.1, 0.15) is 76.0 Å². The Morgan fingerprint density at radius 3 is 2.56 bits per heavy atom.